The van der Waals surface area contributed by atoms with Crippen molar-refractivity contribution in [2.24, 2.45) is 0 Å². The van der Waals surface area contributed by atoms with Crippen molar-refractivity contribution in [2.45, 2.75) is 0 Å². The molecule has 0 N–H and O–H groups in total. The number of benzene rings is 1. The van der Waals surface area contributed by atoms with Crippen LogP contribution in [0.2, 0.25) is 0 Å². The number of pyridine rings is 1. The number of methoxy groups -OCH3 is 1. The summed E-state index contributed by atoms with van der Waals surface area (Å²) in [5.74, 6) is 0.645. The van der Waals surface area contributed by atoms with Crippen molar-refractivity contribution in [2.75, 3.05) is 7.11 Å². The topological polar surface area (TPSA) is 98.3 Å². The van der Waals surface area contributed by atoms with Gasteiger partial charge in [0.2, 0.25) is 5.88 Å². The lowest BCUT2D eigenvalue weighted by Crippen LogP contribution is -1.95. The maximum atomic E-state index is 10.8. The molecule has 0 saturated heterocycles. The molecule has 0 fully saturated rings. The summed E-state index contributed by atoms with van der Waals surface area (Å²) >= 11 is 0. The molecule has 7 nitrogen and oxygen atoms in total. The van der Waals surface area contributed by atoms with Gasteiger partial charge in [-0.3, -0.25) is 10.1 Å². The van der Waals surface area contributed by atoms with Gasteiger partial charge in [-0.25, -0.2) is 4.98 Å². The number of nitro benzene ring substituents is 1. The van der Waals surface area contributed by atoms with E-state index in [4.69, 9.17) is 14.7 Å². The third-order valence-corrected chi connectivity index (χ3v) is 2.41. The zero-order chi connectivity index (χ0) is 14.5. The molecule has 0 spiro atoms. The molecule has 0 amide bonds. The van der Waals surface area contributed by atoms with E-state index in [1.54, 1.807) is 12.1 Å². The molecule has 0 unspecified atom stereocenters. The number of non-ortho nitro benzene ring substituents is 1. The van der Waals surface area contributed by atoms with Gasteiger partial charge in [0.05, 0.1) is 18.1 Å². The third kappa shape index (κ3) is 2.81. The lowest BCUT2D eigenvalue weighted by Gasteiger charge is -2.09. The Kier molecular flexibility index (Phi) is 3.77. The molecule has 0 bridgehead atoms. The predicted octanol–water partition coefficient (Wildman–Crippen LogP) is 2.66. The molecule has 0 radical (unpaired) electrons. The zero-order valence-corrected chi connectivity index (χ0v) is 10.4. The highest BCUT2D eigenvalue weighted by Gasteiger charge is 2.13. The number of hydrogen-bond acceptors (Lipinski definition) is 6. The van der Waals surface area contributed by atoms with Crippen LogP contribution in [0.25, 0.3) is 0 Å². The molecule has 1 heterocycles. The Morgan fingerprint density at radius 3 is 2.75 bits per heavy atom. The molecule has 0 atom stereocenters. The van der Waals surface area contributed by atoms with Crippen molar-refractivity contribution in [3.63, 3.8) is 0 Å². The van der Waals surface area contributed by atoms with Crippen LogP contribution in [-0.4, -0.2) is 17.0 Å². The summed E-state index contributed by atoms with van der Waals surface area (Å²) in [6, 6.07) is 10.5. The number of nitriles is 1. The van der Waals surface area contributed by atoms with Gasteiger partial charge in [0.25, 0.3) is 5.69 Å². The van der Waals surface area contributed by atoms with E-state index in [-0.39, 0.29) is 23.0 Å². The third-order valence-electron chi connectivity index (χ3n) is 2.41. The van der Waals surface area contributed by atoms with E-state index in [2.05, 4.69) is 4.98 Å². The van der Waals surface area contributed by atoms with Gasteiger partial charge in [0.15, 0.2) is 11.5 Å². The first kappa shape index (κ1) is 13.3. The fourth-order valence-corrected chi connectivity index (χ4v) is 1.51. The lowest BCUT2D eigenvalue weighted by atomic mass is 10.3. The maximum Gasteiger partial charge on any atom is 0.273 e. The molecule has 0 aliphatic rings. The SMILES string of the molecule is COc1ccc([N+](=O)[O-])cc1Oc1cccc(C#N)n1. The van der Waals surface area contributed by atoms with Crippen molar-refractivity contribution in [1.82, 2.24) is 4.98 Å². The number of nitrogens with zero attached hydrogens (tertiary/aromatic N) is 3. The van der Waals surface area contributed by atoms with Gasteiger partial charge >= 0.3 is 0 Å². The highest BCUT2D eigenvalue weighted by atomic mass is 16.6. The number of ether oxygens (including phenoxy) is 2. The normalized spacial score (nSPS) is 9.60. The Hall–Kier alpha value is -3.14. The smallest absolute Gasteiger partial charge is 0.273 e. The summed E-state index contributed by atoms with van der Waals surface area (Å²) in [5, 5.41) is 19.5. The van der Waals surface area contributed by atoms with Gasteiger partial charge in [-0.15, -0.1) is 0 Å². The number of nitro groups is 1. The van der Waals surface area contributed by atoms with Crippen molar-refractivity contribution in [1.29, 1.82) is 5.26 Å². The molecule has 20 heavy (non-hydrogen) atoms. The molecule has 0 saturated carbocycles. The molecule has 2 rings (SSSR count). The van der Waals surface area contributed by atoms with E-state index in [1.165, 1.54) is 31.4 Å². The molecule has 2 aromatic rings. The van der Waals surface area contributed by atoms with Crippen LogP contribution in [0.5, 0.6) is 17.4 Å². The maximum absolute atomic E-state index is 10.8. The van der Waals surface area contributed by atoms with Crippen molar-refractivity contribution in [3.8, 4) is 23.4 Å². The number of hydrogen-bond donors (Lipinski definition) is 0. The van der Waals surface area contributed by atoms with Crippen molar-refractivity contribution in [3.05, 3.63) is 52.2 Å². The van der Waals surface area contributed by atoms with Gasteiger partial charge in [0.1, 0.15) is 11.8 Å². The largest absolute Gasteiger partial charge is 0.493 e. The van der Waals surface area contributed by atoms with Crippen LogP contribution in [0, 0.1) is 21.4 Å². The van der Waals surface area contributed by atoms with Crippen LogP contribution in [0.3, 0.4) is 0 Å². The molecule has 1 aromatic heterocycles. The first-order valence-corrected chi connectivity index (χ1v) is 5.51. The highest BCUT2D eigenvalue weighted by molar-refractivity contribution is 5.49. The second-order valence-corrected chi connectivity index (χ2v) is 3.67. The second-order valence-electron chi connectivity index (χ2n) is 3.67. The molecule has 100 valence electrons. The molecule has 1 aromatic carbocycles. The van der Waals surface area contributed by atoms with Crippen molar-refractivity contribution >= 4 is 5.69 Å². The van der Waals surface area contributed by atoms with Gasteiger partial charge < -0.3 is 9.47 Å². The summed E-state index contributed by atoms with van der Waals surface area (Å²) in [6.07, 6.45) is 0. The van der Waals surface area contributed by atoms with Crippen LogP contribution < -0.4 is 9.47 Å². The highest BCUT2D eigenvalue weighted by Crippen LogP contribution is 2.34. The Balaban J connectivity index is 2.38. The van der Waals surface area contributed by atoms with E-state index >= 15 is 0 Å². The van der Waals surface area contributed by atoms with E-state index in [1.807, 2.05) is 6.07 Å². The Morgan fingerprint density at radius 2 is 2.10 bits per heavy atom. The minimum atomic E-state index is -0.536. The van der Waals surface area contributed by atoms with Gasteiger partial charge in [-0.1, -0.05) is 6.07 Å². The summed E-state index contributed by atoms with van der Waals surface area (Å²) in [6.45, 7) is 0. The molecule has 0 aliphatic heterocycles. The zero-order valence-electron chi connectivity index (χ0n) is 10.4. The summed E-state index contributed by atoms with van der Waals surface area (Å²) in [7, 11) is 1.42. The molecular formula is C13H9N3O4. The Morgan fingerprint density at radius 1 is 1.30 bits per heavy atom. The monoisotopic (exact) mass is 271 g/mol. The van der Waals surface area contributed by atoms with Gasteiger partial charge in [-0.05, 0) is 12.1 Å². The first-order chi connectivity index (χ1) is 9.63. The summed E-state index contributed by atoms with van der Waals surface area (Å²) in [5.41, 5.74) is 0.0594. The first-order valence-electron chi connectivity index (χ1n) is 5.51. The minimum absolute atomic E-state index is 0.128. The Labute approximate surface area is 114 Å². The fourth-order valence-electron chi connectivity index (χ4n) is 1.51. The second kappa shape index (κ2) is 5.67. The van der Waals surface area contributed by atoms with Crippen LogP contribution in [-0.2, 0) is 0 Å². The average molecular weight is 271 g/mol. The lowest BCUT2D eigenvalue weighted by molar-refractivity contribution is -0.384. The average Bonchev–Trinajstić information content (AvgIpc) is 2.47. The van der Waals surface area contributed by atoms with Crippen molar-refractivity contribution < 1.29 is 14.4 Å². The molecule has 7 heteroatoms. The van der Waals surface area contributed by atoms with E-state index in [9.17, 15) is 10.1 Å². The van der Waals surface area contributed by atoms with Crippen LogP contribution in [0.1, 0.15) is 5.69 Å². The van der Waals surface area contributed by atoms with Crippen LogP contribution >= 0.6 is 0 Å². The Bertz CT molecular complexity index is 694. The molecular weight excluding hydrogens is 262 g/mol. The predicted molar refractivity (Wildman–Crippen MR) is 68.7 cm³/mol. The summed E-state index contributed by atoms with van der Waals surface area (Å²) < 4.78 is 10.5. The van der Waals surface area contributed by atoms with Gasteiger partial charge in [0, 0.05) is 12.1 Å². The number of rotatable bonds is 4. The minimum Gasteiger partial charge on any atom is -0.493 e. The number of aromatic nitrogens is 1. The molecule has 0 aliphatic carbocycles. The van der Waals surface area contributed by atoms with Crippen LogP contribution in [0.4, 0.5) is 5.69 Å². The fraction of sp³-hybridized carbons (Fsp3) is 0.0769. The standard InChI is InChI=1S/C13H9N3O4/c1-19-11-6-5-10(16(17)18)7-12(11)20-13-4-2-3-9(8-14)15-13/h2-7H,1H3. The summed E-state index contributed by atoms with van der Waals surface area (Å²) in [4.78, 5) is 14.1. The van der Waals surface area contributed by atoms with E-state index < -0.39 is 4.92 Å². The quantitative estimate of drug-likeness (QED) is 0.626. The van der Waals surface area contributed by atoms with Crippen LogP contribution in [0.15, 0.2) is 36.4 Å². The van der Waals surface area contributed by atoms with E-state index in [0.29, 0.717) is 5.75 Å². The van der Waals surface area contributed by atoms with E-state index in [0.717, 1.165) is 0 Å². The van der Waals surface area contributed by atoms with Gasteiger partial charge in [-0.2, -0.15) is 5.26 Å².